The van der Waals surface area contributed by atoms with Crippen molar-refractivity contribution in [2.75, 3.05) is 31.1 Å². The van der Waals surface area contributed by atoms with Gasteiger partial charge in [-0.1, -0.05) is 12.1 Å². The fourth-order valence-electron chi connectivity index (χ4n) is 5.67. The van der Waals surface area contributed by atoms with Gasteiger partial charge in [-0.05, 0) is 43.2 Å². The summed E-state index contributed by atoms with van der Waals surface area (Å²) in [5.74, 6) is -0.808. The van der Waals surface area contributed by atoms with Crippen LogP contribution in [0.25, 0.3) is 5.57 Å². The predicted octanol–water partition coefficient (Wildman–Crippen LogP) is 0.957. The van der Waals surface area contributed by atoms with Gasteiger partial charge in [0, 0.05) is 54.7 Å². The van der Waals surface area contributed by atoms with Crippen LogP contribution in [0.5, 0.6) is 0 Å². The number of carbonyl (C=O) groups excluding carboxylic acids is 3. The van der Waals surface area contributed by atoms with E-state index in [2.05, 4.69) is 27.7 Å². The molecule has 154 valence electrons. The summed E-state index contributed by atoms with van der Waals surface area (Å²) < 4.78 is 0. The molecule has 1 spiro atoms. The highest BCUT2D eigenvalue weighted by Crippen LogP contribution is 2.45. The van der Waals surface area contributed by atoms with E-state index in [0.717, 1.165) is 49.4 Å². The SMILES string of the molecule is O=C1CCC(N2C(=O)C3=CC=C(N4CC5(CCNC5)C4)Cc4cccc2c43)C(=O)N1. The Morgan fingerprint density at radius 2 is 1.97 bits per heavy atom. The molecular formula is C23H24N4O3. The lowest BCUT2D eigenvalue weighted by atomic mass is 9.78. The maximum atomic E-state index is 13.4. The second-order valence-corrected chi connectivity index (χ2v) is 9.15. The molecule has 3 saturated heterocycles. The Morgan fingerprint density at radius 1 is 1.10 bits per heavy atom. The van der Waals surface area contributed by atoms with Gasteiger partial charge in [0.25, 0.3) is 5.91 Å². The van der Waals surface area contributed by atoms with Crippen molar-refractivity contribution in [3.8, 4) is 0 Å². The Kier molecular flexibility index (Phi) is 3.75. The van der Waals surface area contributed by atoms with Crippen LogP contribution in [0.15, 0.2) is 36.0 Å². The third kappa shape index (κ3) is 2.51. The van der Waals surface area contributed by atoms with Gasteiger partial charge in [-0.25, -0.2) is 0 Å². The largest absolute Gasteiger partial charge is 0.373 e. The summed E-state index contributed by atoms with van der Waals surface area (Å²) >= 11 is 0. The number of rotatable bonds is 2. The Labute approximate surface area is 174 Å². The van der Waals surface area contributed by atoms with Crippen molar-refractivity contribution in [2.45, 2.75) is 31.7 Å². The van der Waals surface area contributed by atoms with Crippen molar-refractivity contribution in [3.05, 3.63) is 47.2 Å². The van der Waals surface area contributed by atoms with E-state index in [4.69, 9.17) is 0 Å². The zero-order valence-electron chi connectivity index (χ0n) is 16.7. The quantitative estimate of drug-likeness (QED) is 0.718. The fourth-order valence-corrected chi connectivity index (χ4v) is 5.67. The lowest BCUT2D eigenvalue weighted by Gasteiger charge is -2.50. The highest BCUT2D eigenvalue weighted by molar-refractivity contribution is 6.34. The molecular weight excluding hydrogens is 380 g/mol. The molecule has 0 saturated carbocycles. The van der Waals surface area contributed by atoms with Crippen LogP contribution in [0, 0.1) is 5.41 Å². The average molecular weight is 404 g/mol. The van der Waals surface area contributed by atoms with Crippen LogP contribution in [0.2, 0.25) is 0 Å². The van der Waals surface area contributed by atoms with Crippen LogP contribution >= 0.6 is 0 Å². The first-order valence-electron chi connectivity index (χ1n) is 10.7. The summed E-state index contributed by atoms with van der Waals surface area (Å²) in [7, 11) is 0. The van der Waals surface area contributed by atoms with E-state index in [1.54, 1.807) is 4.90 Å². The number of amides is 3. The number of hydrogen-bond acceptors (Lipinski definition) is 5. The van der Waals surface area contributed by atoms with Gasteiger partial charge in [-0.2, -0.15) is 0 Å². The number of piperidine rings is 1. The zero-order valence-corrected chi connectivity index (χ0v) is 16.7. The van der Waals surface area contributed by atoms with E-state index in [1.807, 2.05) is 18.2 Å². The van der Waals surface area contributed by atoms with Gasteiger partial charge in [0.15, 0.2) is 0 Å². The van der Waals surface area contributed by atoms with E-state index in [1.165, 1.54) is 12.1 Å². The van der Waals surface area contributed by atoms with Gasteiger partial charge in [-0.15, -0.1) is 0 Å². The monoisotopic (exact) mass is 404 g/mol. The maximum absolute atomic E-state index is 13.4. The van der Waals surface area contributed by atoms with Crippen molar-refractivity contribution in [1.82, 2.24) is 15.5 Å². The van der Waals surface area contributed by atoms with Crippen molar-refractivity contribution in [1.29, 1.82) is 0 Å². The lowest BCUT2D eigenvalue weighted by Crippen LogP contribution is -2.56. The first-order valence-corrected chi connectivity index (χ1v) is 10.7. The van der Waals surface area contributed by atoms with Crippen molar-refractivity contribution < 1.29 is 14.4 Å². The van der Waals surface area contributed by atoms with Crippen LogP contribution in [0.4, 0.5) is 5.69 Å². The second-order valence-electron chi connectivity index (χ2n) is 9.15. The highest BCUT2D eigenvalue weighted by atomic mass is 16.2. The summed E-state index contributed by atoms with van der Waals surface area (Å²) in [5.41, 5.74) is 5.17. The number of allylic oxidation sites excluding steroid dienone is 3. The number of imide groups is 1. The van der Waals surface area contributed by atoms with Gasteiger partial charge < -0.3 is 10.2 Å². The Hall–Kier alpha value is -2.93. The first-order chi connectivity index (χ1) is 14.5. The number of likely N-dealkylation sites (tertiary alicyclic amines) is 1. The normalized spacial score (nSPS) is 26.8. The third-order valence-corrected chi connectivity index (χ3v) is 7.23. The number of nitrogens with one attached hydrogen (secondary N) is 2. The molecule has 0 bridgehead atoms. The Morgan fingerprint density at radius 3 is 2.73 bits per heavy atom. The fraction of sp³-hybridized carbons (Fsp3) is 0.435. The van der Waals surface area contributed by atoms with Crippen molar-refractivity contribution >= 4 is 29.0 Å². The van der Waals surface area contributed by atoms with E-state index in [-0.39, 0.29) is 24.1 Å². The second kappa shape index (κ2) is 6.28. The molecule has 6 rings (SSSR count). The number of benzene rings is 1. The van der Waals surface area contributed by atoms with Crippen LogP contribution in [0.1, 0.15) is 30.4 Å². The summed E-state index contributed by atoms with van der Waals surface area (Å²) in [6.45, 7) is 4.34. The number of carbonyl (C=O) groups is 3. The lowest BCUT2D eigenvalue weighted by molar-refractivity contribution is -0.135. The Balaban J connectivity index is 1.33. The van der Waals surface area contributed by atoms with E-state index in [9.17, 15) is 14.4 Å². The van der Waals surface area contributed by atoms with Gasteiger partial charge in [-0.3, -0.25) is 24.6 Å². The summed E-state index contributed by atoms with van der Waals surface area (Å²) in [6, 6.07) is 5.32. The first kappa shape index (κ1) is 17.9. The van der Waals surface area contributed by atoms with E-state index < -0.39 is 6.04 Å². The van der Waals surface area contributed by atoms with Crippen LogP contribution < -0.4 is 15.5 Å². The minimum absolute atomic E-state index is 0.149. The number of hydrogen-bond donors (Lipinski definition) is 2. The maximum Gasteiger partial charge on any atom is 0.259 e. The van der Waals surface area contributed by atoms with Crippen LogP contribution in [-0.4, -0.2) is 54.8 Å². The molecule has 1 atom stereocenters. The predicted molar refractivity (Wildman–Crippen MR) is 111 cm³/mol. The third-order valence-electron chi connectivity index (χ3n) is 7.23. The molecule has 0 aromatic heterocycles. The van der Waals surface area contributed by atoms with E-state index in [0.29, 0.717) is 17.4 Å². The molecule has 30 heavy (non-hydrogen) atoms. The molecule has 4 aliphatic heterocycles. The van der Waals surface area contributed by atoms with Crippen molar-refractivity contribution in [2.24, 2.45) is 5.41 Å². The summed E-state index contributed by atoms with van der Waals surface area (Å²) in [5, 5.41) is 5.86. The molecule has 1 unspecified atom stereocenters. The molecule has 7 nitrogen and oxygen atoms in total. The van der Waals surface area contributed by atoms with Crippen molar-refractivity contribution in [3.63, 3.8) is 0 Å². The van der Waals surface area contributed by atoms with Crippen LogP contribution in [-0.2, 0) is 20.8 Å². The standard InChI is InChI=1S/C23H24N4O3/c28-19-7-6-18(21(29)25-19)27-17-3-1-2-14-10-15(4-5-16(20(14)17)22(27)30)26-12-23(13-26)8-9-24-11-23/h1-5,18,24H,6-13H2,(H,25,28,29). The average Bonchev–Trinajstić information content (AvgIpc) is 3.23. The van der Waals surface area contributed by atoms with Gasteiger partial charge in [0.05, 0.1) is 5.69 Å². The zero-order chi connectivity index (χ0) is 20.5. The summed E-state index contributed by atoms with van der Waals surface area (Å²) in [6.07, 6.45) is 6.64. The molecule has 1 aliphatic carbocycles. The molecule has 2 N–H and O–H groups in total. The number of anilines is 1. The Bertz CT molecular complexity index is 1040. The van der Waals surface area contributed by atoms with Gasteiger partial charge >= 0.3 is 0 Å². The number of nitrogens with zero attached hydrogens (tertiary/aromatic N) is 2. The smallest absolute Gasteiger partial charge is 0.259 e. The minimum atomic E-state index is -0.636. The molecule has 3 fully saturated rings. The molecule has 0 radical (unpaired) electrons. The molecule has 7 heteroatoms. The molecule has 4 heterocycles. The molecule has 5 aliphatic rings. The molecule has 3 amide bonds. The van der Waals surface area contributed by atoms with Gasteiger partial charge in [0.1, 0.15) is 6.04 Å². The highest BCUT2D eigenvalue weighted by Gasteiger charge is 2.47. The minimum Gasteiger partial charge on any atom is -0.373 e. The summed E-state index contributed by atoms with van der Waals surface area (Å²) in [4.78, 5) is 41.4. The molecule has 1 aromatic carbocycles. The van der Waals surface area contributed by atoms with E-state index >= 15 is 0 Å². The van der Waals surface area contributed by atoms with Crippen LogP contribution in [0.3, 0.4) is 0 Å². The molecule has 1 aromatic rings. The van der Waals surface area contributed by atoms with Gasteiger partial charge in [0.2, 0.25) is 11.8 Å². The topological polar surface area (TPSA) is 81.8 Å².